The highest BCUT2D eigenvalue weighted by Gasteiger charge is 2.13. The Labute approximate surface area is 52.3 Å². The number of hydrogen-bond acceptors (Lipinski definition) is 4. The molecule has 0 fully saturated rings. The molecule has 0 amide bonds. The molecule has 0 aliphatic carbocycles. The molecule has 0 aromatic carbocycles. The van der Waals surface area contributed by atoms with Gasteiger partial charge in [0.2, 0.25) is 0 Å². The smallest absolute Gasteiger partial charge is 0.320 e. The number of carbonyl (C=O) groups is 1. The van der Waals surface area contributed by atoms with Gasteiger partial charge >= 0.3 is 5.97 Å². The molecule has 5 heteroatoms. The van der Waals surface area contributed by atoms with Crippen LogP contribution in [-0.2, 0) is 4.79 Å². The quantitative estimate of drug-likeness (QED) is 0.336. The normalized spacial score (nSPS) is 16.8. The number of hydrogen-bond donors (Lipinski definition) is 4. The monoisotopic (exact) mass is 134 g/mol. The van der Waals surface area contributed by atoms with Crippen LogP contribution >= 0.6 is 0 Å². The third-order valence-electron chi connectivity index (χ3n) is 0.813. The van der Waals surface area contributed by atoms with Crippen LogP contribution in [0.1, 0.15) is 6.42 Å². The van der Waals surface area contributed by atoms with E-state index < -0.39 is 18.2 Å². The standard InChI is InChI=1S/C4H10N2O3/c5-2(4(8)9)1-3(6)7/h2-3,7H,1,5-6H2,(H,8,9)/t2-,3-/m0/s1. The number of rotatable bonds is 3. The summed E-state index contributed by atoms with van der Waals surface area (Å²) >= 11 is 0. The third-order valence-corrected chi connectivity index (χ3v) is 0.813. The van der Waals surface area contributed by atoms with Crippen LogP contribution in [-0.4, -0.2) is 28.5 Å². The topological polar surface area (TPSA) is 110 Å². The fourth-order valence-corrected chi connectivity index (χ4v) is 0.361. The minimum absolute atomic E-state index is 0.116. The predicted octanol–water partition coefficient (Wildman–Crippen LogP) is -1.93. The van der Waals surface area contributed by atoms with Crippen LogP contribution in [0.5, 0.6) is 0 Å². The maximum absolute atomic E-state index is 9.94. The highest BCUT2D eigenvalue weighted by Crippen LogP contribution is 1.88. The van der Waals surface area contributed by atoms with Gasteiger partial charge in [0.15, 0.2) is 0 Å². The van der Waals surface area contributed by atoms with Gasteiger partial charge in [-0.3, -0.25) is 4.79 Å². The lowest BCUT2D eigenvalue weighted by Crippen LogP contribution is -2.36. The molecule has 0 saturated carbocycles. The van der Waals surface area contributed by atoms with Crippen molar-refractivity contribution in [3.05, 3.63) is 0 Å². The molecular formula is C4H10N2O3. The maximum atomic E-state index is 9.94. The highest BCUT2D eigenvalue weighted by atomic mass is 16.4. The summed E-state index contributed by atoms with van der Waals surface area (Å²) in [6, 6.07) is -1.06. The van der Waals surface area contributed by atoms with Gasteiger partial charge in [-0.25, -0.2) is 0 Å². The molecule has 9 heavy (non-hydrogen) atoms. The first kappa shape index (κ1) is 8.35. The maximum Gasteiger partial charge on any atom is 0.320 e. The summed E-state index contributed by atoms with van der Waals surface area (Å²) in [5.41, 5.74) is 9.82. The van der Waals surface area contributed by atoms with Crippen LogP contribution in [0, 0.1) is 0 Å². The third kappa shape index (κ3) is 3.89. The second-order valence-corrected chi connectivity index (χ2v) is 1.75. The largest absolute Gasteiger partial charge is 0.480 e. The zero-order chi connectivity index (χ0) is 7.44. The molecule has 2 atom stereocenters. The van der Waals surface area contributed by atoms with Crippen molar-refractivity contribution in [3.63, 3.8) is 0 Å². The van der Waals surface area contributed by atoms with Crippen molar-refractivity contribution in [2.24, 2.45) is 11.5 Å². The minimum atomic E-state index is -1.15. The van der Waals surface area contributed by atoms with Gasteiger partial charge in [0.25, 0.3) is 0 Å². The van der Waals surface area contributed by atoms with Crippen molar-refractivity contribution in [1.82, 2.24) is 0 Å². The molecule has 0 heterocycles. The van der Waals surface area contributed by atoms with E-state index in [-0.39, 0.29) is 6.42 Å². The zero-order valence-electron chi connectivity index (χ0n) is 4.82. The molecule has 54 valence electrons. The molecule has 0 aliphatic rings. The van der Waals surface area contributed by atoms with Crippen LogP contribution < -0.4 is 11.5 Å². The van der Waals surface area contributed by atoms with Gasteiger partial charge in [0.1, 0.15) is 12.3 Å². The molecule has 0 unspecified atom stereocenters. The number of aliphatic hydroxyl groups excluding tert-OH is 1. The molecule has 0 radical (unpaired) electrons. The number of aliphatic carboxylic acids is 1. The van der Waals surface area contributed by atoms with Gasteiger partial charge < -0.3 is 21.7 Å². The Morgan fingerprint density at radius 3 is 2.11 bits per heavy atom. The number of nitrogens with two attached hydrogens (primary N) is 2. The average Bonchev–Trinajstić information content (AvgIpc) is 1.63. The summed E-state index contributed by atoms with van der Waals surface area (Å²) in [7, 11) is 0. The first-order valence-corrected chi connectivity index (χ1v) is 2.46. The van der Waals surface area contributed by atoms with Gasteiger partial charge in [-0.05, 0) is 0 Å². The van der Waals surface area contributed by atoms with E-state index >= 15 is 0 Å². The van der Waals surface area contributed by atoms with Gasteiger partial charge in [-0.15, -0.1) is 0 Å². The summed E-state index contributed by atoms with van der Waals surface area (Å²) < 4.78 is 0. The van der Waals surface area contributed by atoms with E-state index in [1.807, 2.05) is 0 Å². The van der Waals surface area contributed by atoms with E-state index in [9.17, 15) is 4.79 Å². The molecule has 0 rings (SSSR count). The van der Waals surface area contributed by atoms with Crippen LogP contribution in [0.2, 0.25) is 0 Å². The van der Waals surface area contributed by atoms with Crippen molar-refractivity contribution >= 4 is 5.97 Å². The molecule has 0 spiro atoms. The van der Waals surface area contributed by atoms with Gasteiger partial charge in [-0.2, -0.15) is 0 Å². The summed E-state index contributed by atoms with van der Waals surface area (Å²) in [5.74, 6) is -1.15. The Morgan fingerprint density at radius 1 is 1.56 bits per heavy atom. The number of aliphatic hydroxyl groups is 1. The average molecular weight is 134 g/mol. The van der Waals surface area contributed by atoms with Crippen LogP contribution in [0.25, 0.3) is 0 Å². The number of carboxylic acid groups (broad SMARTS) is 1. The van der Waals surface area contributed by atoms with Crippen molar-refractivity contribution < 1.29 is 15.0 Å². The summed E-state index contributed by atoms with van der Waals surface area (Å²) in [6.45, 7) is 0. The zero-order valence-corrected chi connectivity index (χ0v) is 4.82. The molecular weight excluding hydrogens is 124 g/mol. The first-order valence-electron chi connectivity index (χ1n) is 2.46. The molecule has 0 aromatic rings. The van der Waals surface area contributed by atoms with Crippen molar-refractivity contribution in [1.29, 1.82) is 0 Å². The van der Waals surface area contributed by atoms with E-state index in [2.05, 4.69) is 0 Å². The Bertz CT molecular complexity index is 104. The lowest BCUT2D eigenvalue weighted by atomic mass is 10.2. The molecule has 0 saturated heterocycles. The molecule has 0 aliphatic heterocycles. The SMILES string of the molecule is N[C@@H](O)C[C@H](N)C(=O)O. The number of carboxylic acids is 1. The van der Waals surface area contributed by atoms with Crippen molar-refractivity contribution in [2.45, 2.75) is 18.7 Å². The fourth-order valence-electron chi connectivity index (χ4n) is 0.361. The van der Waals surface area contributed by atoms with Gasteiger partial charge in [0.05, 0.1) is 0 Å². The van der Waals surface area contributed by atoms with Crippen LogP contribution in [0.4, 0.5) is 0 Å². The predicted molar refractivity (Wildman–Crippen MR) is 30.4 cm³/mol. The van der Waals surface area contributed by atoms with Crippen LogP contribution in [0.15, 0.2) is 0 Å². The first-order chi connectivity index (χ1) is 4.04. The fraction of sp³-hybridized carbons (Fsp3) is 0.750. The Morgan fingerprint density at radius 2 is 2.00 bits per heavy atom. The molecule has 5 nitrogen and oxygen atoms in total. The van der Waals surface area contributed by atoms with Crippen molar-refractivity contribution in [3.8, 4) is 0 Å². The lowest BCUT2D eigenvalue weighted by molar-refractivity contribution is -0.139. The summed E-state index contributed by atoms with van der Waals surface area (Å²) in [6.07, 6.45) is -1.26. The van der Waals surface area contributed by atoms with E-state index in [1.54, 1.807) is 0 Å². The second-order valence-electron chi connectivity index (χ2n) is 1.75. The highest BCUT2D eigenvalue weighted by molar-refractivity contribution is 5.73. The Hall–Kier alpha value is -0.650. The van der Waals surface area contributed by atoms with E-state index in [1.165, 1.54) is 0 Å². The van der Waals surface area contributed by atoms with E-state index in [0.717, 1.165) is 0 Å². The molecule has 0 bridgehead atoms. The summed E-state index contributed by atoms with van der Waals surface area (Å²) in [5, 5.41) is 16.5. The minimum Gasteiger partial charge on any atom is -0.480 e. The Kier molecular flexibility index (Phi) is 3.15. The Balaban J connectivity index is 3.50. The van der Waals surface area contributed by atoms with Gasteiger partial charge in [-0.1, -0.05) is 0 Å². The molecule has 6 N–H and O–H groups in total. The summed E-state index contributed by atoms with van der Waals surface area (Å²) in [4.78, 5) is 9.94. The van der Waals surface area contributed by atoms with E-state index in [4.69, 9.17) is 21.7 Å². The van der Waals surface area contributed by atoms with Crippen LogP contribution in [0.3, 0.4) is 0 Å². The van der Waals surface area contributed by atoms with Gasteiger partial charge in [0, 0.05) is 6.42 Å². The lowest BCUT2D eigenvalue weighted by Gasteiger charge is -2.06. The molecule has 0 aromatic heterocycles. The van der Waals surface area contributed by atoms with E-state index in [0.29, 0.717) is 0 Å². The second kappa shape index (κ2) is 3.39. The van der Waals surface area contributed by atoms with Crippen molar-refractivity contribution in [2.75, 3.05) is 0 Å².